The van der Waals surface area contributed by atoms with Crippen molar-refractivity contribution in [2.45, 2.75) is 20.0 Å². The fourth-order valence-corrected chi connectivity index (χ4v) is 2.56. The molecule has 0 bridgehead atoms. The van der Waals surface area contributed by atoms with E-state index in [4.69, 9.17) is 10.3 Å². The summed E-state index contributed by atoms with van der Waals surface area (Å²) in [6, 6.07) is 3.85. The molecule has 5 nitrogen and oxygen atoms in total. The largest absolute Gasteiger partial charge is 0.456 e. The number of thiophene rings is 1. The van der Waals surface area contributed by atoms with Crippen LogP contribution in [0.5, 0.6) is 0 Å². The van der Waals surface area contributed by atoms with Gasteiger partial charge in [0.25, 0.3) is 0 Å². The van der Waals surface area contributed by atoms with E-state index < -0.39 is 5.91 Å². The monoisotopic (exact) mass is 279 g/mol. The summed E-state index contributed by atoms with van der Waals surface area (Å²) in [6.45, 7) is 3.44. The minimum Gasteiger partial charge on any atom is -0.456 e. The second-order valence-electron chi connectivity index (χ2n) is 4.47. The van der Waals surface area contributed by atoms with Crippen molar-refractivity contribution in [3.05, 3.63) is 45.5 Å². The maximum Gasteiger partial charge on any atom is 0.300 e. The van der Waals surface area contributed by atoms with Crippen LogP contribution in [0, 0.1) is 6.92 Å². The first-order chi connectivity index (χ1) is 9.10. The number of carbonyl (C=O) groups is 1. The van der Waals surface area contributed by atoms with Gasteiger partial charge in [-0.1, -0.05) is 0 Å². The first kappa shape index (κ1) is 13.8. The number of rotatable bonds is 5. The van der Waals surface area contributed by atoms with Gasteiger partial charge in [-0.25, -0.2) is 5.84 Å². The predicted molar refractivity (Wildman–Crippen MR) is 74.6 cm³/mol. The van der Waals surface area contributed by atoms with Crippen LogP contribution in [-0.2, 0) is 13.1 Å². The lowest BCUT2D eigenvalue weighted by Crippen LogP contribution is -2.29. The summed E-state index contributed by atoms with van der Waals surface area (Å²) >= 11 is 1.69. The molecule has 0 saturated carbocycles. The summed E-state index contributed by atoms with van der Waals surface area (Å²) in [5, 5.41) is 4.20. The molecule has 0 aliphatic rings. The van der Waals surface area contributed by atoms with Crippen molar-refractivity contribution in [3.63, 3.8) is 0 Å². The Bertz CT molecular complexity index is 548. The number of amides is 1. The van der Waals surface area contributed by atoms with E-state index in [1.165, 1.54) is 5.56 Å². The lowest BCUT2D eigenvalue weighted by atomic mass is 10.2. The van der Waals surface area contributed by atoms with E-state index in [9.17, 15) is 4.79 Å². The zero-order chi connectivity index (χ0) is 13.8. The van der Waals surface area contributed by atoms with Gasteiger partial charge in [-0.05, 0) is 42.4 Å². The fourth-order valence-electron chi connectivity index (χ4n) is 1.90. The van der Waals surface area contributed by atoms with Crippen LogP contribution in [0.25, 0.3) is 0 Å². The molecule has 0 aliphatic heterocycles. The number of hydrazine groups is 1. The van der Waals surface area contributed by atoms with Crippen molar-refractivity contribution in [2.24, 2.45) is 5.84 Å². The quantitative estimate of drug-likeness (QED) is 0.498. The average molecular weight is 279 g/mol. The summed E-state index contributed by atoms with van der Waals surface area (Å²) in [6.07, 6.45) is 0. The zero-order valence-electron chi connectivity index (χ0n) is 11.0. The molecule has 2 rings (SSSR count). The number of nitrogen functional groups attached to an aromatic ring is 1. The molecule has 0 spiro atoms. The highest BCUT2D eigenvalue weighted by Gasteiger charge is 2.14. The topological polar surface area (TPSA) is 71.5 Å². The Balaban J connectivity index is 2.02. The first-order valence-electron chi connectivity index (χ1n) is 5.90. The molecule has 0 saturated heterocycles. The third kappa shape index (κ3) is 3.44. The smallest absolute Gasteiger partial charge is 0.300 e. The normalized spacial score (nSPS) is 10.9. The SMILES string of the molecule is Cc1oc(C(=O)NN)cc1CN(C)Cc1ccsc1. The van der Waals surface area contributed by atoms with Gasteiger partial charge in [-0.2, -0.15) is 11.3 Å². The van der Waals surface area contributed by atoms with E-state index in [1.807, 2.05) is 14.0 Å². The molecule has 19 heavy (non-hydrogen) atoms. The van der Waals surface area contributed by atoms with Gasteiger partial charge in [0, 0.05) is 18.7 Å². The summed E-state index contributed by atoms with van der Waals surface area (Å²) < 4.78 is 5.39. The number of aryl methyl sites for hydroxylation is 1. The minimum absolute atomic E-state index is 0.249. The molecule has 0 radical (unpaired) electrons. The van der Waals surface area contributed by atoms with Crippen LogP contribution in [0.4, 0.5) is 0 Å². The predicted octanol–water partition coefficient (Wildman–Crippen LogP) is 1.89. The highest BCUT2D eigenvalue weighted by Crippen LogP contribution is 2.17. The fraction of sp³-hybridized carbons (Fsp3) is 0.308. The first-order valence-corrected chi connectivity index (χ1v) is 6.84. The van der Waals surface area contributed by atoms with Crippen LogP contribution in [0.1, 0.15) is 27.4 Å². The second kappa shape index (κ2) is 6.01. The van der Waals surface area contributed by atoms with Crippen LogP contribution in [-0.4, -0.2) is 17.9 Å². The molecule has 0 aromatic carbocycles. The van der Waals surface area contributed by atoms with Crippen molar-refractivity contribution in [3.8, 4) is 0 Å². The maximum atomic E-state index is 11.4. The van der Waals surface area contributed by atoms with E-state index in [0.29, 0.717) is 0 Å². The van der Waals surface area contributed by atoms with Crippen LogP contribution in [0.15, 0.2) is 27.3 Å². The summed E-state index contributed by atoms with van der Waals surface area (Å²) in [7, 11) is 2.03. The Labute approximate surface area is 116 Å². The molecule has 0 aliphatic carbocycles. The van der Waals surface area contributed by atoms with Crippen molar-refractivity contribution < 1.29 is 9.21 Å². The Morgan fingerprint density at radius 2 is 2.32 bits per heavy atom. The number of carbonyl (C=O) groups excluding carboxylic acids is 1. The standard InChI is InChI=1S/C13H17N3O2S/c1-9-11(5-12(18-9)13(17)15-14)7-16(2)6-10-3-4-19-8-10/h3-5,8H,6-7,14H2,1-2H3,(H,15,17). The zero-order valence-corrected chi connectivity index (χ0v) is 11.8. The van der Waals surface area contributed by atoms with Gasteiger partial charge in [0.15, 0.2) is 5.76 Å². The molecular weight excluding hydrogens is 262 g/mol. The van der Waals surface area contributed by atoms with Gasteiger partial charge >= 0.3 is 5.91 Å². The molecule has 2 heterocycles. The van der Waals surface area contributed by atoms with Crippen molar-refractivity contribution in [1.29, 1.82) is 0 Å². The molecule has 1 amide bonds. The van der Waals surface area contributed by atoms with Crippen molar-refractivity contribution in [1.82, 2.24) is 10.3 Å². The molecule has 3 N–H and O–H groups in total. The molecule has 0 fully saturated rings. The number of furan rings is 1. The molecular formula is C13H17N3O2S. The van der Waals surface area contributed by atoms with Crippen LogP contribution >= 0.6 is 11.3 Å². The summed E-state index contributed by atoms with van der Waals surface area (Å²) in [5.41, 5.74) is 4.35. The van der Waals surface area contributed by atoms with Crippen molar-refractivity contribution in [2.75, 3.05) is 7.05 Å². The highest BCUT2D eigenvalue weighted by molar-refractivity contribution is 7.07. The number of nitrogens with one attached hydrogen (secondary N) is 1. The van der Waals surface area contributed by atoms with Gasteiger partial charge < -0.3 is 4.42 Å². The summed E-state index contributed by atoms with van der Waals surface area (Å²) in [4.78, 5) is 13.5. The second-order valence-corrected chi connectivity index (χ2v) is 5.25. The minimum atomic E-state index is -0.408. The van der Waals surface area contributed by atoms with Crippen LogP contribution < -0.4 is 11.3 Å². The van der Waals surface area contributed by atoms with Gasteiger partial charge in [0.05, 0.1) is 0 Å². The number of nitrogens with two attached hydrogens (primary N) is 1. The molecule has 2 aromatic heterocycles. The number of hydrogen-bond donors (Lipinski definition) is 2. The Morgan fingerprint density at radius 3 is 2.95 bits per heavy atom. The van der Waals surface area contributed by atoms with Gasteiger partial charge in [0.2, 0.25) is 0 Å². The van der Waals surface area contributed by atoms with Gasteiger partial charge in [-0.3, -0.25) is 15.1 Å². The number of hydrogen-bond acceptors (Lipinski definition) is 5. The molecule has 0 unspecified atom stereocenters. The van der Waals surface area contributed by atoms with E-state index in [-0.39, 0.29) is 5.76 Å². The Kier molecular flexibility index (Phi) is 4.36. The highest BCUT2D eigenvalue weighted by atomic mass is 32.1. The lowest BCUT2D eigenvalue weighted by Gasteiger charge is -2.14. The number of nitrogens with zero attached hydrogens (tertiary/aromatic N) is 1. The van der Waals surface area contributed by atoms with Gasteiger partial charge in [0.1, 0.15) is 5.76 Å². The van der Waals surface area contributed by atoms with Crippen molar-refractivity contribution >= 4 is 17.2 Å². The van der Waals surface area contributed by atoms with E-state index in [0.717, 1.165) is 24.4 Å². The molecule has 2 aromatic rings. The Hall–Kier alpha value is -1.63. The van der Waals surface area contributed by atoms with Crippen LogP contribution in [0.2, 0.25) is 0 Å². The summed E-state index contributed by atoms with van der Waals surface area (Å²) in [5.74, 6) is 5.67. The molecule has 102 valence electrons. The van der Waals surface area contributed by atoms with Crippen LogP contribution in [0.3, 0.4) is 0 Å². The maximum absolute atomic E-state index is 11.4. The van der Waals surface area contributed by atoms with E-state index in [2.05, 4.69) is 27.2 Å². The lowest BCUT2D eigenvalue weighted by molar-refractivity contribution is 0.0924. The molecule has 0 atom stereocenters. The van der Waals surface area contributed by atoms with Gasteiger partial charge in [-0.15, -0.1) is 0 Å². The third-order valence-corrected chi connectivity index (χ3v) is 3.58. The molecule has 6 heteroatoms. The van der Waals surface area contributed by atoms with E-state index in [1.54, 1.807) is 17.4 Å². The average Bonchev–Trinajstić information content (AvgIpc) is 2.99. The third-order valence-electron chi connectivity index (χ3n) is 2.85. The Morgan fingerprint density at radius 1 is 1.53 bits per heavy atom. The van der Waals surface area contributed by atoms with E-state index >= 15 is 0 Å².